The van der Waals surface area contributed by atoms with Crippen LogP contribution >= 0.6 is 27.5 Å². The zero-order chi connectivity index (χ0) is 15.6. The molecule has 2 rings (SSSR count). The summed E-state index contributed by atoms with van der Waals surface area (Å²) in [4.78, 5) is 13.7. The predicted octanol–water partition coefficient (Wildman–Crippen LogP) is 3.55. The number of benzene rings is 1. The summed E-state index contributed by atoms with van der Waals surface area (Å²) in [5.74, 6) is -0.468. The zero-order valence-electron chi connectivity index (χ0n) is 10.8. The van der Waals surface area contributed by atoms with Gasteiger partial charge in [0.1, 0.15) is 0 Å². The van der Waals surface area contributed by atoms with Gasteiger partial charge in [0.15, 0.2) is 0 Å². The van der Waals surface area contributed by atoms with Crippen molar-refractivity contribution in [1.82, 2.24) is 4.90 Å². The van der Waals surface area contributed by atoms with E-state index in [9.17, 15) is 18.0 Å². The van der Waals surface area contributed by atoms with Crippen molar-refractivity contribution < 1.29 is 22.7 Å². The van der Waals surface area contributed by atoms with E-state index < -0.39 is 17.6 Å². The number of halogens is 5. The van der Waals surface area contributed by atoms with Crippen LogP contribution in [0.1, 0.15) is 15.9 Å². The average Bonchev–Trinajstić information content (AvgIpc) is 2.45. The van der Waals surface area contributed by atoms with Crippen LogP contribution in [-0.2, 0) is 10.9 Å². The minimum atomic E-state index is -4.59. The molecule has 1 fully saturated rings. The lowest BCUT2D eigenvalue weighted by Crippen LogP contribution is -2.46. The molecule has 0 aromatic heterocycles. The van der Waals surface area contributed by atoms with Gasteiger partial charge in [0.25, 0.3) is 5.91 Å². The molecule has 116 valence electrons. The Morgan fingerprint density at radius 3 is 2.81 bits per heavy atom. The molecule has 0 saturated carbocycles. The first-order chi connectivity index (χ1) is 9.82. The van der Waals surface area contributed by atoms with Crippen molar-refractivity contribution in [2.24, 2.45) is 0 Å². The van der Waals surface area contributed by atoms with Gasteiger partial charge in [-0.05, 0) is 18.2 Å². The van der Waals surface area contributed by atoms with Crippen molar-refractivity contribution in [2.75, 3.05) is 25.6 Å². The van der Waals surface area contributed by atoms with E-state index in [1.54, 1.807) is 0 Å². The highest BCUT2D eigenvalue weighted by Crippen LogP contribution is 2.34. The summed E-state index contributed by atoms with van der Waals surface area (Å²) >= 11 is 8.66. The smallest absolute Gasteiger partial charge is 0.373 e. The van der Waals surface area contributed by atoms with Gasteiger partial charge in [-0.2, -0.15) is 13.2 Å². The van der Waals surface area contributed by atoms with Crippen LogP contribution in [-0.4, -0.2) is 42.5 Å². The summed E-state index contributed by atoms with van der Waals surface area (Å²) in [6, 6.07) is 3.51. The number of alkyl halides is 4. The van der Waals surface area contributed by atoms with Crippen molar-refractivity contribution in [1.29, 1.82) is 0 Å². The summed E-state index contributed by atoms with van der Waals surface area (Å²) in [5, 5.41) is 0. The molecule has 21 heavy (non-hydrogen) atoms. The van der Waals surface area contributed by atoms with E-state index in [-0.39, 0.29) is 41.7 Å². The summed E-state index contributed by atoms with van der Waals surface area (Å²) in [6.07, 6.45) is -4.94. The first-order valence-electron chi connectivity index (χ1n) is 6.16. The number of rotatable bonds is 2. The third-order valence-electron chi connectivity index (χ3n) is 3.12. The Balaban J connectivity index is 2.31. The van der Waals surface area contributed by atoms with E-state index in [0.29, 0.717) is 0 Å². The molecule has 1 saturated heterocycles. The second-order valence-corrected chi connectivity index (χ2v) is 5.81. The number of ether oxygens (including phenoxy) is 1. The van der Waals surface area contributed by atoms with Gasteiger partial charge in [-0.1, -0.05) is 15.9 Å². The van der Waals surface area contributed by atoms with Crippen molar-refractivity contribution in [3.63, 3.8) is 0 Å². The fourth-order valence-corrected chi connectivity index (χ4v) is 2.65. The number of hydrogen-bond acceptors (Lipinski definition) is 2. The van der Waals surface area contributed by atoms with Crippen LogP contribution in [0.2, 0.25) is 0 Å². The summed E-state index contributed by atoms with van der Waals surface area (Å²) < 4.78 is 44.8. The van der Waals surface area contributed by atoms with Crippen LogP contribution in [0, 0.1) is 0 Å². The summed E-state index contributed by atoms with van der Waals surface area (Å²) in [7, 11) is 0. The van der Waals surface area contributed by atoms with Crippen LogP contribution < -0.4 is 0 Å². The van der Waals surface area contributed by atoms with E-state index in [1.807, 2.05) is 0 Å². The van der Waals surface area contributed by atoms with Gasteiger partial charge in [-0.3, -0.25) is 4.79 Å². The molecule has 0 bridgehead atoms. The maximum atomic E-state index is 13.1. The molecule has 1 aliphatic rings. The molecule has 0 N–H and O–H groups in total. The van der Waals surface area contributed by atoms with Gasteiger partial charge in [-0.15, -0.1) is 11.6 Å². The number of morpholine rings is 1. The minimum absolute atomic E-state index is 0.190. The molecular weight excluding hydrogens is 374 g/mol. The SMILES string of the molecule is O=C(c1ccc(Br)cc1C(F)(F)F)N1CCOC(CCl)C1. The van der Waals surface area contributed by atoms with Crippen LogP contribution in [0.3, 0.4) is 0 Å². The molecule has 0 radical (unpaired) electrons. The fourth-order valence-electron chi connectivity index (χ4n) is 2.11. The molecule has 1 amide bonds. The van der Waals surface area contributed by atoms with E-state index in [4.69, 9.17) is 16.3 Å². The van der Waals surface area contributed by atoms with Gasteiger partial charge in [-0.25, -0.2) is 0 Å². The lowest BCUT2D eigenvalue weighted by molar-refractivity contribution is -0.138. The highest BCUT2D eigenvalue weighted by molar-refractivity contribution is 9.10. The molecule has 1 heterocycles. The van der Waals surface area contributed by atoms with Crippen molar-refractivity contribution in [3.8, 4) is 0 Å². The van der Waals surface area contributed by atoms with E-state index in [0.717, 1.165) is 6.07 Å². The standard InChI is InChI=1S/C13H12BrClF3NO2/c14-8-1-2-10(11(5-8)13(16,17)18)12(20)19-3-4-21-9(6-15)7-19/h1-2,5,9H,3-4,6-7H2. The fraction of sp³-hybridized carbons (Fsp3) is 0.462. The third-order valence-corrected chi connectivity index (χ3v) is 3.95. The van der Waals surface area contributed by atoms with Gasteiger partial charge in [0.05, 0.1) is 29.7 Å². The average molecular weight is 387 g/mol. The van der Waals surface area contributed by atoms with Crippen LogP contribution in [0.15, 0.2) is 22.7 Å². The number of carbonyl (C=O) groups is 1. The second-order valence-electron chi connectivity index (χ2n) is 4.59. The van der Waals surface area contributed by atoms with Crippen LogP contribution in [0.4, 0.5) is 13.2 Å². The van der Waals surface area contributed by atoms with Crippen LogP contribution in [0.5, 0.6) is 0 Å². The first kappa shape index (κ1) is 16.6. The van der Waals surface area contributed by atoms with Crippen molar-refractivity contribution in [3.05, 3.63) is 33.8 Å². The second kappa shape index (κ2) is 6.54. The quantitative estimate of drug-likeness (QED) is 0.728. The zero-order valence-corrected chi connectivity index (χ0v) is 13.1. The number of amides is 1. The topological polar surface area (TPSA) is 29.5 Å². The van der Waals surface area contributed by atoms with Crippen molar-refractivity contribution >= 4 is 33.4 Å². The Morgan fingerprint density at radius 1 is 1.48 bits per heavy atom. The van der Waals surface area contributed by atoms with Gasteiger partial charge >= 0.3 is 6.18 Å². The maximum Gasteiger partial charge on any atom is 0.417 e. The highest BCUT2D eigenvalue weighted by Gasteiger charge is 2.37. The number of nitrogens with zero attached hydrogens (tertiary/aromatic N) is 1. The molecule has 1 atom stereocenters. The minimum Gasteiger partial charge on any atom is -0.373 e. The third kappa shape index (κ3) is 3.90. The van der Waals surface area contributed by atoms with Gasteiger partial charge in [0, 0.05) is 17.6 Å². The number of carbonyl (C=O) groups excluding carboxylic acids is 1. The molecule has 3 nitrogen and oxygen atoms in total. The first-order valence-corrected chi connectivity index (χ1v) is 7.49. The Morgan fingerprint density at radius 2 is 2.19 bits per heavy atom. The van der Waals surface area contributed by atoms with E-state index in [2.05, 4.69) is 15.9 Å². The molecule has 1 unspecified atom stereocenters. The molecular formula is C13H12BrClF3NO2. The molecule has 8 heteroatoms. The summed E-state index contributed by atoms with van der Waals surface area (Å²) in [6.45, 7) is 0.705. The van der Waals surface area contributed by atoms with Crippen LogP contribution in [0.25, 0.3) is 0 Å². The Kier molecular flexibility index (Phi) is 5.16. The molecule has 1 aromatic rings. The summed E-state index contributed by atoms with van der Waals surface area (Å²) in [5.41, 5.74) is -1.31. The van der Waals surface area contributed by atoms with Crippen molar-refractivity contribution in [2.45, 2.75) is 12.3 Å². The van der Waals surface area contributed by atoms with E-state index >= 15 is 0 Å². The predicted molar refractivity (Wildman–Crippen MR) is 75.5 cm³/mol. The molecule has 0 aliphatic carbocycles. The highest BCUT2D eigenvalue weighted by atomic mass is 79.9. The Bertz CT molecular complexity index is 539. The maximum absolute atomic E-state index is 13.1. The lowest BCUT2D eigenvalue weighted by Gasteiger charge is -2.32. The Labute approximate surface area is 133 Å². The monoisotopic (exact) mass is 385 g/mol. The lowest BCUT2D eigenvalue weighted by atomic mass is 10.1. The molecule has 1 aliphatic heterocycles. The largest absolute Gasteiger partial charge is 0.417 e. The van der Waals surface area contributed by atoms with E-state index in [1.165, 1.54) is 17.0 Å². The Hall–Kier alpha value is -0.790. The van der Waals surface area contributed by atoms with Gasteiger partial charge in [0.2, 0.25) is 0 Å². The molecule has 0 spiro atoms. The van der Waals surface area contributed by atoms with Gasteiger partial charge < -0.3 is 9.64 Å². The molecule has 1 aromatic carbocycles. The normalized spacial score (nSPS) is 19.7. The number of hydrogen-bond donors (Lipinski definition) is 0.